The van der Waals surface area contributed by atoms with Crippen molar-refractivity contribution in [3.8, 4) is 0 Å². The number of piperazine rings is 1. The van der Waals surface area contributed by atoms with E-state index in [2.05, 4.69) is 11.8 Å². The number of carboxylic acids is 1. The molecule has 0 radical (unpaired) electrons. The minimum atomic E-state index is -0.872. The van der Waals surface area contributed by atoms with Gasteiger partial charge in [-0.1, -0.05) is 30.3 Å². The van der Waals surface area contributed by atoms with Crippen LogP contribution in [0.1, 0.15) is 41.8 Å². The molecule has 2 aromatic rings. The van der Waals surface area contributed by atoms with Crippen molar-refractivity contribution >= 4 is 11.9 Å². The Bertz CT molecular complexity index is 869. The van der Waals surface area contributed by atoms with E-state index >= 15 is 0 Å². The average Bonchev–Trinajstić information content (AvgIpc) is 2.70. The van der Waals surface area contributed by atoms with Crippen LogP contribution in [0.15, 0.2) is 48.5 Å². The van der Waals surface area contributed by atoms with Gasteiger partial charge in [0, 0.05) is 43.7 Å². The summed E-state index contributed by atoms with van der Waals surface area (Å²) >= 11 is 0. The fraction of sp³-hybridized carbons (Fsp3) is 0.391. The number of carbonyl (C=O) groups is 2. The summed E-state index contributed by atoms with van der Waals surface area (Å²) in [7, 11) is 0. The highest BCUT2D eigenvalue weighted by Gasteiger charge is 2.33. The Morgan fingerprint density at radius 2 is 1.72 bits per heavy atom. The average molecular weight is 398 g/mol. The lowest BCUT2D eigenvalue weighted by Crippen LogP contribution is -2.57. The number of benzene rings is 2. The van der Waals surface area contributed by atoms with E-state index in [1.54, 1.807) is 18.2 Å². The minimum Gasteiger partial charge on any atom is -0.481 e. The number of carbonyl (C=O) groups excluding carboxylic acids is 1. The summed E-state index contributed by atoms with van der Waals surface area (Å²) in [4.78, 5) is 28.4. The fourth-order valence-corrected chi connectivity index (χ4v) is 3.87. The number of aliphatic carboxylic acids is 1. The highest BCUT2D eigenvalue weighted by Crippen LogP contribution is 2.22. The van der Waals surface area contributed by atoms with Gasteiger partial charge in [0.2, 0.25) is 0 Å². The van der Waals surface area contributed by atoms with E-state index < -0.39 is 5.97 Å². The number of hydrogen-bond donors (Lipinski definition) is 1. The molecule has 0 aliphatic carbocycles. The molecule has 5 nitrogen and oxygen atoms in total. The van der Waals surface area contributed by atoms with Gasteiger partial charge >= 0.3 is 5.97 Å². The lowest BCUT2D eigenvalue weighted by Gasteiger charge is -2.44. The maximum absolute atomic E-state index is 13.2. The van der Waals surface area contributed by atoms with Crippen molar-refractivity contribution in [2.24, 2.45) is 0 Å². The van der Waals surface area contributed by atoms with Gasteiger partial charge in [0.15, 0.2) is 0 Å². The van der Waals surface area contributed by atoms with Crippen LogP contribution in [0.2, 0.25) is 0 Å². The van der Waals surface area contributed by atoms with Crippen LogP contribution in [0.4, 0.5) is 4.39 Å². The first kappa shape index (κ1) is 21.0. The van der Waals surface area contributed by atoms with E-state index in [0.29, 0.717) is 25.1 Å². The van der Waals surface area contributed by atoms with E-state index in [1.165, 1.54) is 12.1 Å². The molecule has 1 aliphatic heterocycles. The molecule has 2 aromatic carbocycles. The first-order valence-corrected chi connectivity index (χ1v) is 9.94. The third-order valence-corrected chi connectivity index (χ3v) is 5.53. The molecule has 0 bridgehead atoms. The van der Waals surface area contributed by atoms with Gasteiger partial charge < -0.3 is 10.0 Å². The SMILES string of the molecule is C[C@@H]1CN(Cc2ccc(F)cc2)[C@@H](C)CN1C(=O)c1ccccc1CCC(=O)O. The second kappa shape index (κ2) is 9.18. The van der Waals surface area contributed by atoms with Crippen LogP contribution in [-0.4, -0.2) is 52.0 Å². The third kappa shape index (κ3) is 5.21. The first-order valence-electron chi connectivity index (χ1n) is 9.94. The van der Waals surface area contributed by atoms with E-state index in [0.717, 1.165) is 17.7 Å². The molecule has 3 rings (SSSR count). The van der Waals surface area contributed by atoms with Gasteiger partial charge in [-0.2, -0.15) is 0 Å². The summed E-state index contributed by atoms with van der Waals surface area (Å²) in [5.41, 5.74) is 2.40. The maximum atomic E-state index is 13.2. The maximum Gasteiger partial charge on any atom is 0.303 e. The predicted octanol–water partition coefficient (Wildman–Crippen LogP) is 3.58. The van der Waals surface area contributed by atoms with E-state index in [1.807, 2.05) is 30.0 Å². The number of halogens is 1. The van der Waals surface area contributed by atoms with Crippen molar-refractivity contribution in [2.75, 3.05) is 13.1 Å². The van der Waals surface area contributed by atoms with Crippen LogP contribution >= 0.6 is 0 Å². The molecule has 154 valence electrons. The number of hydrogen-bond acceptors (Lipinski definition) is 3. The molecule has 2 atom stereocenters. The van der Waals surface area contributed by atoms with Crippen molar-refractivity contribution in [3.05, 3.63) is 71.0 Å². The molecule has 1 amide bonds. The van der Waals surface area contributed by atoms with Crippen molar-refractivity contribution < 1.29 is 19.1 Å². The molecule has 1 heterocycles. The lowest BCUT2D eigenvalue weighted by atomic mass is 9.99. The summed E-state index contributed by atoms with van der Waals surface area (Å²) in [6.07, 6.45) is 0.341. The zero-order valence-electron chi connectivity index (χ0n) is 16.8. The minimum absolute atomic E-state index is 0.00168. The van der Waals surface area contributed by atoms with Crippen molar-refractivity contribution in [2.45, 2.75) is 45.3 Å². The van der Waals surface area contributed by atoms with Crippen LogP contribution in [0.25, 0.3) is 0 Å². The molecule has 1 aliphatic rings. The monoisotopic (exact) mass is 398 g/mol. The molecule has 0 saturated carbocycles. The number of carboxylic acid groups (broad SMARTS) is 1. The first-order chi connectivity index (χ1) is 13.8. The van der Waals surface area contributed by atoms with Crippen LogP contribution in [0.3, 0.4) is 0 Å². The molecule has 1 N–H and O–H groups in total. The Morgan fingerprint density at radius 3 is 2.41 bits per heavy atom. The van der Waals surface area contributed by atoms with Crippen molar-refractivity contribution in [3.63, 3.8) is 0 Å². The fourth-order valence-electron chi connectivity index (χ4n) is 3.87. The third-order valence-electron chi connectivity index (χ3n) is 5.53. The van der Waals surface area contributed by atoms with Crippen LogP contribution in [0.5, 0.6) is 0 Å². The van der Waals surface area contributed by atoms with E-state index in [-0.39, 0.29) is 30.2 Å². The van der Waals surface area contributed by atoms with Gasteiger partial charge in [0.05, 0.1) is 0 Å². The van der Waals surface area contributed by atoms with E-state index in [4.69, 9.17) is 5.11 Å². The van der Waals surface area contributed by atoms with Crippen LogP contribution < -0.4 is 0 Å². The molecule has 0 unspecified atom stereocenters. The zero-order valence-corrected chi connectivity index (χ0v) is 16.8. The van der Waals surface area contributed by atoms with Gasteiger partial charge in [0.25, 0.3) is 5.91 Å². The summed E-state index contributed by atoms with van der Waals surface area (Å²) in [6.45, 7) is 6.15. The second-order valence-electron chi connectivity index (χ2n) is 7.76. The van der Waals surface area contributed by atoms with Gasteiger partial charge in [-0.05, 0) is 49.6 Å². The number of aryl methyl sites for hydroxylation is 1. The molecular formula is C23H27FN2O3. The lowest BCUT2D eigenvalue weighted by molar-refractivity contribution is -0.136. The van der Waals surface area contributed by atoms with Gasteiger partial charge in [-0.15, -0.1) is 0 Å². The van der Waals surface area contributed by atoms with Gasteiger partial charge in [-0.3, -0.25) is 14.5 Å². The highest BCUT2D eigenvalue weighted by molar-refractivity contribution is 5.96. The standard InChI is InChI=1S/C23H27FN2O3/c1-16-14-26(17(2)13-25(16)15-18-7-10-20(24)11-8-18)23(29)21-6-4-3-5-19(21)9-12-22(27)28/h3-8,10-11,16-17H,9,12-15H2,1-2H3,(H,27,28)/t16-,17+/m0/s1. The van der Waals surface area contributed by atoms with Crippen molar-refractivity contribution in [1.82, 2.24) is 9.80 Å². The quantitative estimate of drug-likeness (QED) is 0.808. The van der Waals surface area contributed by atoms with Gasteiger partial charge in [-0.25, -0.2) is 4.39 Å². The molecular weight excluding hydrogens is 371 g/mol. The molecule has 6 heteroatoms. The topological polar surface area (TPSA) is 60.9 Å². The molecule has 1 saturated heterocycles. The Labute approximate surface area is 170 Å². The van der Waals surface area contributed by atoms with Crippen LogP contribution in [-0.2, 0) is 17.8 Å². The molecule has 29 heavy (non-hydrogen) atoms. The zero-order chi connectivity index (χ0) is 21.0. The molecule has 1 fully saturated rings. The van der Waals surface area contributed by atoms with E-state index in [9.17, 15) is 14.0 Å². The summed E-state index contributed by atoms with van der Waals surface area (Å²) < 4.78 is 13.1. The largest absolute Gasteiger partial charge is 0.481 e. The molecule has 0 spiro atoms. The Morgan fingerprint density at radius 1 is 1.03 bits per heavy atom. The number of amides is 1. The smallest absolute Gasteiger partial charge is 0.303 e. The number of nitrogens with zero attached hydrogens (tertiary/aromatic N) is 2. The predicted molar refractivity (Wildman–Crippen MR) is 109 cm³/mol. The second-order valence-corrected chi connectivity index (χ2v) is 7.76. The summed E-state index contributed by atoms with van der Waals surface area (Å²) in [5, 5.41) is 8.97. The normalized spacial score (nSPS) is 19.9. The van der Waals surface area contributed by atoms with Crippen LogP contribution in [0, 0.1) is 5.82 Å². The highest BCUT2D eigenvalue weighted by atomic mass is 19.1. The Hall–Kier alpha value is -2.73. The Balaban J connectivity index is 1.70. The summed E-state index contributed by atoms with van der Waals surface area (Å²) in [6, 6.07) is 14.0. The molecule has 0 aromatic heterocycles. The van der Waals surface area contributed by atoms with Crippen molar-refractivity contribution in [1.29, 1.82) is 0 Å². The van der Waals surface area contributed by atoms with Gasteiger partial charge in [0.1, 0.15) is 5.82 Å². The Kier molecular flexibility index (Phi) is 6.64. The number of rotatable bonds is 6. The summed E-state index contributed by atoms with van der Waals surface area (Å²) in [5.74, 6) is -1.16.